The maximum Gasteiger partial charge on any atom is 0.225 e. The van der Waals surface area contributed by atoms with E-state index in [-0.39, 0.29) is 0 Å². The maximum absolute atomic E-state index is 5.77. The van der Waals surface area contributed by atoms with Crippen molar-refractivity contribution in [1.29, 1.82) is 0 Å². The van der Waals surface area contributed by atoms with Gasteiger partial charge in [0, 0.05) is 31.3 Å². The molecule has 1 fully saturated rings. The molecule has 2 N–H and O–H groups in total. The average Bonchev–Trinajstić information content (AvgIpc) is 2.95. The Labute approximate surface area is 129 Å². The van der Waals surface area contributed by atoms with E-state index in [4.69, 9.17) is 15.5 Å². The second-order valence-electron chi connectivity index (χ2n) is 5.90. The number of hydrogen-bond donors (Lipinski definition) is 1. The fraction of sp³-hybridized carbons (Fsp3) is 0.533. The highest BCUT2D eigenvalue weighted by Gasteiger charge is 2.22. The molecule has 1 unspecified atom stereocenters. The Morgan fingerprint density at radius 2 is 2.27 bits per heavy atom. The fourth-order valence-corrected chi connectivity index (χ4v) is 3.17. The first-order chi connectivity index (χ1) is 10.8. The molecule has 0 bridgehead atoms. The molecule has 0 amide bonds. The van der Waals surface area contributed by atoms with Crippen LogP contribution in [0, 0.1) is 0 Å². The number of hydrogen-bond acceptors (Lipinski definition) is 6. The molecule has 2 aliphatic heterocycles. The van der Waals surface area contributed by atoms with Crippen LogP contribution in [0.4, 0.5) is 11.8 Å². The van der Waals surface area contributed by atoms with Crippen LogP contribution in [0.3, 0.4) is 0 Å². The van der Waals surface area contributed by atoms with Crippen molar-refractivity contribution >= 4 is 11.8 Å². The lowest BCUT2D eigenvalue weighted by atomic mass is 9.98. The maximum atomic E-state index is 5.77. The summed E-state index contributed by atoms with van der Waals surface area (Å²) in [4.78, 5) is 11.4. The predicted molar refractivity (Wildman–Crippen MR) is 82.5 cm³/mol. The van der Waals surface area contributed by atoms with Gasteiger partial charge >= 0.3 is 0 Å². The number of rotatable bonds is 2. The van der Waals surface area contributed by atoms with Crippen molar-refractivity contribution in [2.24, 2.45) is 0 Å². The van der Waals surface area contributed by atoms with Gasteiger partial charge in [0.1, 0.15) is 5.82 Å². The van der Waals surface area contributed by atoms with Gasteiger partial charge in [0.05, 0.1) is 31.1 Å². The highest BCUT2D eigenvalue weighted by molar-refractivity contribution is 5.37. The molecule has 0 aliphatic carbocycles. The first-order valence-electron chi connectivity index (χ1n) is 7.77. The predicted octanol–water partition coefficient (Wildman–Crippen LogP) is 1.17. The Morgan fingerprint density at radius 1 is 1.32 bits per heavy atom. The van der Waals surface area contributed by atoms with Crippen LogP contribution in [0.15, 0.2) is 18.3 Å². The number of nitrogens with two attached hydrogens (primary N) is 1. The van der Waals surface area contributed by atoms with Gasteiger partial charge in [0.25, 0.3) is 0 Å². The van der Waals surface area contributed by atoms with Crippen molar-refractivity contribution < 1.29 is 4.74 Å². The quantitative estimate of drug-likeness (QED) is 0.896. The lowest BCUT2D eigenvalue weighted by Crippen LogP contribution is -2.35. The first kappa shape index (κ1) is 13.5. The molecule has 0 aromatic carbocycles. The Hall–Kier alpha value is -2.15. The molecule has 7 heteroatoms. The van der Waals surface area contributed by atoms with Crippen LogP contribution in [-0.4, -0.2) is 39.5 Å². The van der Waals surface area contributed by atoms with Crippen molar-refractivity contribution in [2.45, 2.75) is 31.8 Å². The standard InChI is InChI=1S/C15H20N6O/c16-14-8-12-9-20(5-6-21(12)19-14)15-17-4-3-13(18-15)11-2-1-7-22-10-11/h3-4,8,11H,1-2,5-7,9-10H2,(H2,16,19). The number of nitrogens with zero attached hydrogens (tertiary/aromatic N) is 5. The molecular formula is C15H20N6O. The minimum atomic E-state index is 0.390. The van der Waals surface area contributed by atoms with E-state index < -0.39 is 0 Å². The van der Waals surface area contributed by atoms with Crippen LogP contribution in [-0.2, 0) is 17.8 Å². The summed E-state index contributed by atoms with van der Waals surface area (Å²) in [6.45, 7) is 4.03. The summed E-state index contributed by atoms with van der Waals surface area (Å²) in [6.07, 6.45) is 4.10. The average molecular weight is 300 g/mol. The van der Waals surface area contributed by atoms with E-state index in [0.717, 1.165) is 63.0 Å². The van der Waals surface area contributed by atoms with Crippen molar-refractivity contribution in [3.05, 3.63) is 29.7 Å². The molecule has 1 saturated heterocycles. The van der Waals surface area contributed by atoms with Crippen molar-refractivity contribution in [1.82, 2.24) is 19.7 Å². The van der Waals surface area contributed by atoms with E-state index in [0.29, 0.717) is 11.7 Å². The van der Waals surface area contributed by atoms with E-state index >= 15 is 0 Å². The molecule has 4 rings (SSSR count). The number of ether oxygens (including phenoxy) is 1. The summed E-state index contributed by atoms with van der Waals surface area (Å²) < 4.78 is 7.53. The summed E-state index contributed by atoms with van der Waals surface area (Å²) in [5.74, 6) is 1.75. The first-order valence-corrected chi connectivity index (χ1v) is 7.77. The summed E-state index contributed by atoms with van der Waals surface area (Å²) in [5.41, 5.74) is 7.96. The van der Waals surface area contributed by atoms with Crippen LogP contribution in [0.2, 0.25) is 0 Å². The van der Waals surface area contributed by atoms with Crippen LogP contribution in [0.1, 0.15) is 30.1 Å². The zero-order valence-electron chi connectivity index (χ0n) is 12.5. The van der Waals surface area contributed by atoms with Gasteiger partial charge in [-0.15, -0.1) is 0 Å². The van der Waals surface area contributed by atoms with Crippen molar-refractivity contribution in [3.63, 3.8) is 0 Å². The van der Waals surface area contributed by atoms with Crippen molar-refractivity contribution in [3.8, 4) is 0 Å². The Kier molecular flexibility index (Phi) is 3.42. The highest BCUT2D eigenvalue weighted by Crippen LogP contribution is 2.25. The van der Waals surface area contributed by atoms with Gasteiger partial charge in [0.15, 0.2) is 0 Å². The molecule has 116 valence electrons. The van der Waals surface area contributed by atoms with Crippen molar-refractivity contribution in [2.75, 3.05) is 30.4 Å². The van der Waals surface area contributed by atoms with Gasteiger partial charge in [-0.2, -0.15) is 5.10 Å². The third kappa shape index (κ3) is 2.52. The Morgan fingerprint density at radius 3 is 3.14 bits per heavy atom. The lowest BCUT2D eigenvalue weighted by Gasteiger charge is -2.28. The van der Waals surface area contributed by atoms with Crippen LogP contribution in [0.25, 0.3) is 0 Å². The smallest absolute Gasteiger partial charge is 0.225 e. The summed E-state index contributed by atoms with van der Waals surface area (Å²) in [7, 11) is 0. The topological polar surface area (TPSA) is 82.1 Å². The molecule has 2 aromatic rings. The minimum absolute atomic E-state index is 0.390. The fourth-order valence-electron chi connectivity index (χ4n) is 3.17. The third-order valence-corrected chi connectivity index (χ3v) is 4.34. The normalized spacial score (nSPS) is 21.6. The Balaban J connectivity index is 1.55. The summed E-state index contributed by atoms with van der Waals surface area (Å²) in [6, 6.07) is 3.93. The number of nitrogen functional groups attached to an aromatic ring is 1. The largest absolute Gasteiger partial charge is 0.382 e. The second kappa shape index (κ2) is 5.57. The van der Waals surface area contributed by atoms with Crippen LogP contribution in [0.5, 0.6) is 0 Å². The molecule has 1 atom stereocenters. The van der Waals surface area contributed by atoms with Gasteiger partial charge in [-0.3, -0.25) is 4.68 Å². The monoisotopic (exact) mass is 300 g/mol. The van der Waals surface area contributed by atoms with E-state index in [1.54, 1.807) is 0 Å². The van der Waals surface area contributed by atoms with Gasteiger partial charge < -0.3 is 15.4 Å². The van der Waals surface area contributed by atoms with E-state index in [2.05, 4.69) is 15.0 Å². The van der Waals surface area contributed by atoms with Crippen LogP contribution >= 0.6 is 0 Å². The van der Waals surface area contributed by atoms with E-state index in [1.807, 2.05) is 23.0 Å². The van der Waals surface area contributed by atoms with E-state index in [1.165, 1.54) is 0 Å². The number of fused-ring (bicyclic) bond motifs is 1. The molecule has 0 radical (unpaired) electrons. The van der Waals surface area contributed by atoms with Gasteiger partial charge in [-0.05, 0) is 18.9 Å². The van der Waals surface area contributed by atoms with Crippen LogP contribution < -0.4 is 10.6 Å². The SMILES string of the molecule is Nc1cc2n(n1)CCN(c1nccc(C3CCCOC3)n1)C2. The number of anilines is 2. The minimum Gasteiger partial charge on any atom is -0.382 e. The van der Waals surface area contributed by atoms with E-state index in [9.17, 15) is 0 Å². The second-order valence-corrected chi connectivity index (χ2v) is 5.90. The molecule has 7 nitrogen and oxygen atoms in total. The molecule has 4 heterocycles. The molecule has 2 aliphatic rings. The lowest BCUT2D eigenvalue weighted by molar-refractivity contribution is 0.0793. The summed E-state index contributed by atoms with van der Waals surface area (Å²) in [5, 5.41) is 4.28. The number of aromatic nitrogens is 4. The van der Waals surface area contributed by atoms with Gasteiger partial charge in [0.2, 0.25) is 5.95 Å². The third-order valence-electron chi connectivity index (χ3n) is 4.34. The zero-order valence-corrected chi connectivity index (χ0v) is 12.5. The van der Waals surface area contributed by atoms with Gasteiger partial charge in [-0.25, -0.2) is 9.97 Å². The zero-order chi connectivity index (χ0) is 14.9. The molecular weight excluding hydrogens is 280 g/mol. The molecule has 0 saturated carbocycles. The molecule has 2 aromatic heterocycles. The molecule has 0 spiro atoms. The molecule has 22 heavy (non-hydrogen) atoms. The highest BCUT2D eigenvalue weighted by atomic mass is 16.5. The summed E-state index contributed by atoms with van der Waals surface area (Å²) >= 11 is 0. The van der Waals surface area contributed by atoms with Gasteiger partial charge in [-0.1, -0.05) is 0 Å². The Bertz CT molecular complexity index is 664.